The first-order valence-corrected chi connectivity index (χ1v) is 6.36. The Hall–Kier alpha value is -2.49. The van der Waals surface area contributed by atoms with Gasteiger partial charge >= 0.3 is 5.97 Å². The summed E-state index contributed by atoms with van der Waals surface area (Å²) in [7, 11) is 0. The Balaban J connectivity index is 2.42. The number of benzene rings is 1. The van der Waals surface area contributed by atoms with Crippen LogP contribution in [0.3, 0.4) is 0 Å². The molecule has 0 atom stereocenters. The molecule has 1 aromatic carbocycles. The van der Waals surface area contributed by atoms with E-state index in [4.69, 9.17) is 5.11 Å². The van der Waals surface area contributed by atoms with E-state index >= 15 is 0 Å². The van der Waals surface area contributed by atoms with Crippen molar-refractivity contribution in [3.8, 4) is 0 Å². The van der Waals surface area contributed by atoms with Gasteiger partial charge in [0.25, 0.3) is 5.69 Å². The molecule has 2 rings (SSSR count). The Labute approximate surface area is 117 Å². The van der Waals surface area contributed by atoms with Crippen molar-refractivity contribution in [2.45, 2.75) is 19.9 Å². The SMILES string of the molecule is CC(=O)c1c(CC(=O)O)ccc[n+]1Cc1ccccc1. The van der Waals surface area contributed by atoms with Crippen molar-refractivity contribution < 1.29 is 19.3 Å². The van der Waals surface area contributed by atoms with Crippen LogP contribution in [0.1, 0.15) is 28.5 Å². The zero-order valence-electron chi connectivity index (χ0n) is 11.2. The Morgan fingerprint density at radius 3 is 2.40 bits per heavy atom. The Kier molecular flexibility index (Phi) is 4.25. The van der Waals surface area contributed by atoms with Gasteiger partial charge in [0.15, 0.2) is 12.7 Å². The molecule has 0 amide bonds. The summed E-state index contributed by atoms with van der Waals surface area (Å²) in [6.45, 7) is 2.01. The minimum atomic E-state index is -0.940. The Morgan fingerprint density at radius 1 is 1.10 bits per heavy atom. The molecule has 1 heterocycles. The number of aromatic nitrogens is 1. The first kappa shape index (κ1) is 13.9. The van der Waals surface area contributed by atoms with E-state index in [1.54, 1.807) is 22.9 Å². The summed E-state index contributed by atoms with van der Waals surface area (Å²) in [5.41, 5.74) is 2.06. The van der Waals surface area contributed by atoms with Crippen molar-refractivity contribution in [1.29, 1.82) is 0 Å². The van der Waals surface area contributed by atoms with Gasteiger partial charge in [0, 0.05) is 24.1 Å². The fraction of sp³-hybridized carbons (Fsp3) is 0.188. The van der Waals surface area contributed by atoms with Gasteiger partial charge in [0.1, 0.15) is 0 Å². The number of ketones is 1. The molecule has 0 aliphatic heterocycles. The van der Waals surface area contributed by atoms with Crippen molar-refractivity contribution in [2.24, 2.45) is 0 Å². The molecule has 4 nitrogen and oxygen atoms in total. The van der Waals surface area contributed by atoms with Gasteiger partial charge in [-0.15, -0.1) is 0 Å². The fourth-order valence-electron chi connectivity index (χ4n) is 2.25. The van der Waals surface area contributed by atoms with Crippen molar-refractivity contribution in [1.82, 2.24) is 0 Å². The van der Waals surface area contributed by atoms with E-state index in [9.17, 15) is 9.59 Å². The van der Waals surface area contributed by atoms with E-state index in [1.807, 2.05) is 30.3 Å². The second-order valence-corrected chi connectivity index (χ2v) is 4.62. The summed E-state index contributed by atoms with van der Waals surface area (Å²) in [6, 6.07) is 13.2. The van der Waals surface area contributed by atoms with E-state index in [2.05, 4.69) is 0 Å². The number of hydrogen-bond donors (Lipinski definition) is 1. The van der Waals surface area contributed by atoms with Crippen LogP contribution in [0, 0.1) is 0 Å². The molecule has 0 fully saturated rings. The summed E-state index contributed by atoms with van der Waals surface area (Å²) < 4.78 is 1.80. The smallest absolute Gasteiger partial charge is 0.308 e. The van der Waals surface area contributed by atoms with Gasteiger partial charge in [-0.1, -0.05) is 30.3 Å². The second-order valence-electron chi connectivity index (χ2n) is 4.62. The van der Waals surface area contributed by atoms with Crippen LogP contribution in [-0.2, 0) is 17.8 Å². The van der Waals surface area contributed by atoms with Crippen molar-refractivity contribution >= 4 is 11.8 Å². The second kappa shape index (κ2) is 6.10. The molecule has 0 aliphatic rings. The zero-order chi connectivity index (χ0) is 14.5. The van der Waals surface area contributed by atoms with Gasteiger partial charge in [0.05, 0.1) is 6.42 Å². The third-order valence-corrected chi connectivity index (χ3v) is 3.03. The molecule has 0 unspecified atom stereocenters. The molecule has 20 heavy (non-hydrogen) atoms. The number of aliphatic carboxylic acids is 1. The maximum atomic E-state index is 11.8. The third kappa shape index (κ3) is 3.29. The molecular weight excluding hydrogens is 254 g/mol. The van der Waals surface area contributed by atoms with Crippen molar-refractivity contribution in [3.63, 3.8) is 0 Å². The lowest BCUT2D eigenvalue weighted by Gasteiger charge is -2.06. The summed E-state index contributed by atoms with van der Waals surface area (Å²) in [5.74, 6) is -1.07. The topological polar surface area (TPSA) is 58.3 Å². The lowest BCUT2D eigenvalue weighted by Crippen LogP contribution is -2.41. The molecule has 1 N–H and O–H groups in total. The lowest BCUT2D eigenvalue weighted by molar-refractivity contribution is -0.690. The average molecular weight is 270 g/mol. The van der Waals surface area contributed by atoms with E-state index < -0.39 is 5.97 Å². The standard InChI is InChI=1S/C16H15NO3/c1-12(18)16-14(10-15(19)20)8-5-9-17(16)11-13-6-3-2-4-7-13/h2-9H,10-11H2,1H3/p+1. The van der Waals surface area contributed by atoms with Crippen LogP contribution in [0.2, 0.25) is 0 Å². The molecule has 0 saturated carbocycles. The molecule has 2 aromatic rings. The molecule has 102 valence electrons. The maximum Gasteiger partial charge on any atom is 0.308 e. The summed E-state index contributed by atoms with van der Waals surface area (Å²) in [4.78, 5) is 22.7. The number of carbonyl (C=O) groups excluding carboxylic acids is 1. The summed E-state index contributed by atoms with van der Waals surface area (Å²) >= 11 is 0. The first-order chi connectivity index (χ1) is 9.58. The minimum absolute atomic E-state index is 0.127. The molecule has 0 saturated heterocycles. The van der Waals surface area contributed by atoms with E-state index in [-0.39, 0.29) is 12.2 Å². The molecule has 4 heteroatoms. The van der Waals surface area contributed by atoms with Crippen LogP contribution < -0.4 is 4.57 Å². The van der Waals surface area contributed by atoms with E-state index in [0.717, 1.165) is 5.56 Å². The number of carbonyl (C=O) groups is 2. The van der Waals surface area contributed by atoms with Crippen LogP contribution in [0.4, 0.5) is 0 Å². The lowest BCUT2D eigenvalue weighted by atomic mass is 10.1. The van der Waals surface area contributed by atoms with Crippen molar-refractivity contribution in [2.75, 3.05) is 0 Å². The third-order valence-electron chi connectivity index (χ3n) is 3.03. The largest absolute Gasteiger partial charge is 0.481 e. The predicted octanol–water partition coefficient (Wildman–Crippen LogP) is 1.85. The van der Waals surface area contributed by atoms with Crippen LogP contribution in [-0.4, -0.2) is 16.9 Å². The molecule has 1 aromatic heterocycles. The van der Waals surface area contributed by atoms with E-state index in [0.29, 0.717) is 17.8 Å². The van der Waals surface area contributed by atoms with Gasteiger partial charge in [0.2, 0.25) is 5.78 Å². The van der Waals surface area contributed by atoms with Gasteiger partial charge < -0.3 is 5.11 Å². The quantitative estimate of drug-likeness (QED) is 0.666. The predicted molar refractivity (Wildman–Crippen MR) is 73.5 cm³/mol. The average Bonchev–Trinajstić information content (AvgIpc) is 2.39. The molecule has 0 radical (unpaired) electrons. The van der Waals surface area contributed by atoms with Crippen LogP contribution in [0.25, 0.3) is 0 Å². The normalized spacial score (nSPS) is 10.2. The van der Waals surface area contributed by atoms with Gasteiger partial charge in [-0.25, -0.2) is 0 Å². The van der Waals surface area contributed by atoms with Crippen molar-refractivity contribution in [3.05, 3.63) is 65.5 Å². The van der Waals surface area contributed by atoms with Gasteiger partial charge in [-0.3, -0.25) is 9.59 Å². The van der Waals surface area contributed by atoms with Crippen LogP contribution >= 0.6 is 0 Å². The highest BCUT2D eigenvalue weighted by atomic mass is 16.4. The number of rotatable bonds is 5. The molecule has 0 bridgehead atoms. The highest BCUT2D eigenvalue weighted by Crippen LogP contribution is 2.08. The number of carboxylic acids is 1. The Morgan fingerprint density at radius 2 is 1.80 bits per heavy atom. The first-order valence-electron chi connectivity index (χ1n) is 6.36. The minimum Gasteiger partial charge on any atom is -0.481 e. The molecule has 0 aliphatic carbocycles. The van der Waals surface area contributed by atoms with Crippen LogP contribution in [0.15, 0.2) is 48.7 Å². The van der Waals surface area contributed by atoms with E-state index in [1.165, 1.54) is 6.92 Å². The summed E-state index contributed by atoms with van der Waals surface area (Å²) in [5, 5.41) is 8.93. The molecule has 0 spiro atoms. The fourth-order valence-corrected chi connectivity index (χ4v) is 2.25. The highest BCUT2D eigenvalue weighted by molar-refractivity contribution is 5.93. The number of pyridine rings is 1. The van der Waals surface area contributed by atoms with Gasteiger partial charge in [-0.2, -0.15) is 4.57 Å². The number of nitrogens with zero attached hydrogens (tertiary/aromatic N) is 1. The highest BCUT2D eigenvalue weighted by Gasteiger charge is 2.22. The number of Topliss-reactive ketones (excluding diaryl/α,β-unsaturated/α-hetero) is 1. The zero-order valence-corrected chi connectivity index (χ0v) is 11.2. The number of hydrogen-bond acceptors (Lipinski definition) is 2. The van der Waals surface area contributed by atoms with Crippen LogP contribution in [0.5, 0.6) is 0 Å². The van der Waals surface area contributed by atoms with Gasteiger partial charge in [-0.05, 0) is 6.07 Å². The monoisotopic (exact) mass is 270 g/mol. The molecular formula is C16H16NO3+. The number of carboxylic acid groups (broad SMARTS) is 1. The Bertz CT molecular complexity index is 635. The maximum absolute atomic E-state index is 11.8. The summed E-state index contributed by atoms with van der Waals surface area (Å²) in [6.07, 6.45) is 1.65.